The highest BCUT2D eigenvalue weighted by molar-refractivity contribution is 5.81. The molecule has 0 saturated heterocycles. The van der Waals surface area contributed by atoms with Crippen molar-refractivity contribution in [2.45, 2.75) is 20.4 Å². The Morgan fingerprint density at radius 1 is 1.03 bits per heavy atom. The van der Waals surface area contributed by atoms with Crippen molar-refractivity contribution in [3.63, 3.8) is 0 Å². The summed E-state index contributed by atoms with van der Waals surface area (Å²) >= 11 is 0. The number of pyridine rings is 1. The van der Waals surface area contributed by atoms with Gasteiger partial charge in [0.25, 0.3) is 6.01 Å². The number of nitrogens with one attached hydrogen (secondary N) is 1. The van der Waals surface area contributed by atoms with Crippen LogP contribution in [0.1, 0.15) is 18.1 Å². The first-order valence-corrected chi connectivity index (χ1v) is 10.1. The molecule has 0 saturated carbocycles. The number of hydrogen-bond donors (Lipinski definition) is 1. The van der Waals surface area contributed by atoms with Gasteiger partial charge < -0.3 is 4.74 Å². The van der Waals surface area contributed by atoms with E-state index in [1.54, 1.807) is 6.20 Å². The molecule has 1 N–H and O–H groups in total. The Morgan fingerprint density at radius 3 is 2.68 bits per heavy atom. The number of rotatable bonds is 6. The number of hydrogen-bond acceptors (Lipinski definition) is 6. The fraction of sp³-hybridized carbons (Fsp3) is 0.174. The lowest BCUT2D eigenvalue weighted by atomic mass is 9.97. The number of H-pyrrole nitrogens is 1. The molecule has 8 heteroatoms. The van der Waals surface area contributed by atoms with Gasteiger partial charge in [-0.1, -0.05) is 42.5 Å². The molecule has 0 fully saturated rings. The molecule has 31 heavy (non-hydrogen) atoms. The molecule has 8 nitrogen and oxygen atoms in total. The summed E-state index contributed by atoms with van der Waals surface area (Å²) < 4.78 is 7.82. The monoisotopic (exact) mass is 411 g/mol. The van der Waals surface area contributed by atoms with E-state index in [1.165, 1.54) is 0 Å². The Bertz CT molecular complexity index is 1330. The van der Waals surface area contributed by atoms with E-state index in [0.29, 0.717) is 25.0 Å². The van der Waals surface area contributed by atoms with Crippen molar-refractivity contribution in [3.05, 3.63) is 71.9 Å². The number of aromatic nitrogens is 7. The molecular weight excluding hydrogens is 390 g/mol. The molecule has 0 aliphatic carbocycles. The molecule has 0 aliphatic rings. The van der Waals surface area contributed by atoms with Crippen LogP contribution in [-0.2, 0) is 6.54 Å². The highest BCUT2D eigenvalue weighted by atomic mass is 16.5. The topological polar surface area (TPSA) is 94.4 Å². The van der Waals surface area contributed by atoms with Gasteiger partial charge in [-0.2, -0.15) is 10.2 Å². The predicted molar refractivity (Wildman–Crippen MR) is 118 cm³/mol. The van der Waals surface area contributed by atoms with Gasteiger partial charge >= 0.3 is 0 Å². The van der Waals surface area contributed by atoms with E-state index in [-0.39, 0.29) is 0 Å². The van der Waals surface area contributed by atoms with Crippen LogP contribution in [0.4, 0.5) is 0 Å². The smallest absolute Gasteiger partial charge is 0.298 e. The maximum absolute atomic E-state index is 5.82. The number of aromatic amines is 1. The molecule has 3 aromatic heterocycles. The summed E-state index contributed by atoms with van der Waals surface area (Å²) in [5.74, 6) is 0.551. The van der Waals surface area contributed by atoms with E-state index in [0.717, 1.165) is 39.0 Å². The first-order valence-electron chi connectivity index (χ1n) is 10.1. The Kier molecular flexibility index (Phi) is 4.87. The van der Waals surface area contributed by atoms with Crippen molar-refractivity contribution in [1.29, 1.82) is 0 Å². The quantitative estimate of drug-likeness (QED) is 0.453. The summed E-state index contributed by atoms with van der Waals surface area (Å²) in [5, 5.41) is 14.7. The van der Waals surface area contributed by atoms with Gasteiger partial charge in [0.2, 0.25) is 5.82 Å². The molecule has 0 atom stereocenters. The van der Waals surface area contributed by atoms with Crippen LogP contribution in [0.3, 0.4) is 0 Å². The molecular formula is C23H21N7O. The number of fused-ring (bicyclic) bond motifs is 1. The third kappa shape index (κ3) is 3.52. The fourth-order valence-corrected chi connectivity index (χ4v) is 3.70. The van der Waals surface area contributed by atoms with Crippen molar-refractivity contribution in [2.24, 2.45) is 0 Å². The number of aryl methyl sites for hydroxylation is 1. The Hall–Kier alpha value is -4.07. The Labute approximate surface area is 178 Å². The maximum Gasteiger partial charge on any atom is 0.298 e. The average Bonchev–Trinajstić information content (AvgIpc) is 3.45. The first kappa shape index (κ1) is 18.9. The average molecular weight is 411 g/mol. The van der Waals surface area contributed by atoms with Crippen LogP contribution < -0.4 is 4.74 Å². The molecule has 154 valence electrons. The number of ether oxygens (including phenoxy) is 1. The molecule has 3 heterocycles. The van der Waals surface area contributed by atoms with Crippen LogP contribution in [0.15, 0.2) is 60.8 Å². The molecule has 0 unspecified atom stereocenters. The van der Waals surface area contributed by atoms with Crippen molar-refractivity contribution >= 4 is 11.2 Å². The first-order chi connectivity index (χ1) is 15.2. The lowest BCUT2D eigenvalue weighted by Crippen LogP contribution is -2.06. The number of benzene rings is 2. The van der Waals surface area contributed by atoms with E-state index < -0.39 is 0 Å². The van der Waals surface area contributed by atoms with Crippen LogP contribution in [0.25, 0.3) is 33.7 Å². The summed E-state index contributed by atoms with van der Waals surface area (Å²) in [6, 6.07) is 19.0. The maximum atomic E-state index is 5.82. The summed E-state index contributed by atoms with van der Waals surface area (Å²) in [6.45, 7) is 5.07. The predicted octanol–water partition coefficient (Wildman–Crippen LogP) is 4.03. The van der Waals surface area contributed by atoms with Crippen molar-refractivity contribution in [2.75, 3.05) is 6.61 Å². The van der Waals surface area contributed by atoms with Crippen LogP contribution in [0.5, 0.6) is 6.01 Å². The number of nitrogens with zero attached hydrogens (tertiary/aromatic N) is 6. The Morgan fingerprint density at radius 2 is 1.90 bits per heavy atom. The zero-order chi connectivity index (χ0) is 21.2. The van der Waals surface area contributed by atoms with Gasteiger partial charge in [-0.25, -0.2) is 4.98 Å². The van der Waals surface area contributed by atoms with Crippen LogP contribution >= 0.6 is 0 Å². The van der Waals surface area contributed by atoms with Gasteiger partial charge in [-0.15, -0.1) is 10.2 Å². The second-order valence-electron chi connectivity index (χ2n) is 7.19. The normalized spacial score (nSPS) is 11.2. The lowest BCUT2D eigenvalue weighted by molar-refractivity contribution is 0.301. The van der Waals surface area contributed by atoms with Crippen molar-refractivity contribution < 1.29 is 4.74 Å². The lowest BCUT2D eigenvalue weighted by Gasteiger charge is -2.12. The molecule has 0 aliphatic heterocycles. The van der Waals surface area contributed by atoms with Crippen molar-refractivity contribution in [1.82, 2.24) is 35.2 Å². The minimum Gasteiger partial charge on any atom is -0.465 e. The van der Waals surface area contributed by atoms with Gasteiger partial charge in [-0.05, 0) is 53.4 Å². The molecule has 2 aromatic carbocycles. The van der Waals surface area contributed by atoms with E-state index in [9.17, 15) is 0 Å². The summed E-state index contributed by atoms with van der Waals surface area (Å²) in [5.41, 5.74) is 6.82. The van der Waals surface area contributed by atoms with E-state index in [1.807, 2.05) is 42.7 Å². The van der Waals surface area contributed by atoms with E-state index >= 15 is 0 Å². The zero-order valence-corrected chi connectivity index (χ0v) is 17.3. The molecule has 5 rings (SSSR count). The van der Waals surface area contributed by atoms with Gasteiger partial charge in [0.05, 0.1) is 13.2 Å². The second-order valence-corrected chi connectivity index (χ2v) is 7.19. The zero-order valence-electron chi connectivity index (χ0n) is 17.3. The minimum absolute atomic E-state index is 0.531. The Balaban J connectivity index is 1.62. The van der Waals surface area contributed by atoms with Gasteiger partial charge in [0.1, 0.15) is 5.52 Å². The third-order valence-corrected chi connectivity index (χ3v) is 5.17. The molecule has 5 aromatic rings. The van der Waals surface area contributed by atoms with Gasteiger partial charge in [0.15, 0.2) is 5.65 Å². The standard InChI is InChI=1S/C23H21N7O/c1-3-31-23-25-20-15(2)11-12-24-22(20)30(23)14-16-9-10-18(17-7-5-4-6-8-17)19(13-16)21-26-28-29-27-21/h4-13H,3,14H2,1-2H3,(H,26,27,28,29). The number of tetrazole rings is 1. The van der Waals surface area contributed by atoms with E-state index in [2.05, 4.69) is 60.9 Å². The van der Waals surface area contributed by atoms with Gasteiger partial charge in [-0.3, -0.25) is 4.57 Å². The SMILES string of the molecule is CCOc1nc2c(C)ccnc2n1Cc1ccc(-c2ccccc2)c(-c2nn[nH]n2)c1. The highest BCUT2D eigenvalue weighted by Gasteiger charge is 2.17. The van der Waals surface area contributed by atoms with E-state index in [4.69, 9.17) is 4.74 Å². The third-order valence-electron chi connectivity index (χ3n) is 5.17. The second kappa shape index (κ2) is 7.98. The molecule has 0 radical (unpaired) electrons. The summed E-state index contributed by atoms with van der Waals surface area (Å²) in [6.07, 6.45) is 1.80. The van der Waals surface area contributed by atoms with Crippen LogP contribution in [-0.4, -0.2) is 41.8 Å². The number of imidazole rings is 1. The minimum atomic E-state index is 0.531. The molecule has 0 bridgehead atoms. The van der Waals surface area contributed by atoms with Gasteiger partial charge in [0, 0.05) is 11.8 Å². The molecule has 0 amide bonds. The molecule has 0 spiro atoms. The van der Waals surface area contributed by atoms with Crippen LogP contribution in [0, 0.1) is 6.92 Å². The van der Waals surface area contributed by atoms with Crippen molar-refractivity contribution in [3.8, 4) is 28.5 Å². The fourth-order valence-electron chi connectivity index (χ4n) is 3.70. The summed E-state index contributed by atoms with van der Waals surface area (Å²) in [7, 11) is 0. The highest BCUT2D eigenvalue weighted by Crippen LogP contribution is 2.32. The largest absolute Gasteiger partial charge is 0.465 e. The summed E-state index contributed by atoms with van der Waals surface area (Å²) in [4.78, 5) is 9.23. The van der Waals surface area contributed by atoms with Crippen LogP contribution in [0.2, 0.25) is 0 Å².